The van der Waals surface area contributed by atoms with Crippen LogP contribution in [0, 0.1) is 17.1 Å². The molecule has 0 bridgehead atoms. The minimum atomic E-state index is -0.505. The molecule has 0 radical (unpaired) electrons. The van der Waals surface area contributed by atoms with E-state index in [2.05, 4.69) is 25.5 Å². The van der Waals surface area contributed by atoms with Crippen LogP contribution in [0.3, 0.4) is 0 Å². The third-order valence-corrected chi connectivity index (χ3v) is 7.22. The first-order valence-corrected chi connectivity index (χ1v) is 12.4. The van der Waals surface area contributed by atoms with Crippen molar-refractivity contribution < 1.29 is 9.13 Å². The van der Waals surface area contributed by atoms with Gasteiger partial charge in [-0.25, -0.2) is 14.4 Å². The number of nitrogens with two attached hydrogens (primary N) is 1. The third kappa shape index (κ3) is 3.98. The Labute approximate surface area is 212 Å². The number of amidine groups is 1. The summed E-state index contributed by atoms with van der Waals surface area (Å²) in [5, 5.41) is 8.19. The number of halogens is 2. The first-order chi connectivity index (χ1) is 17.5. The zero-order chi connectivity index (χ0) is 24.8. The van der Waals surface area contributed by atoms with Gasteiger partial charge in [-0.15, -0.1) is 0 Å². The molecule has 2 aliphatic rings. The maximum absolute atomic E-state index is 14.3. The maximum Gasteiger partial charge on any atom is 0.144 e. The van der Waals surface area contributed by atoms with Gasteiger partial charge in [0, 0.05) is 42.3 Å². The minimum Gasteiger partial charge on any atom is -0.383 e. The van der Waals surface area contributed by atoms with E-state index in [1.165, 1.54) is 18.9 Å². The number of morpholine rings is 1. The lowest BCUT2D eigenvalue weighted by atomic mass is 10.1. The maximum atomic E-state index is 14.3. The topological polar surface area (TPSA) is 105 Å². The standard InChI is InChI=1S/C26H25ClFN7O/c27-23-19(28)4-3-17-20(5-6-31-25(17)23)35-21-13-16(34-7-9-36-10-8-34)12-18(26(30)32-14-29)24(21)33-22(35)11-15-1-2-15/h3-6,12-15H,1-2,7-11H2,(H3,29,30,32). The van der Waals surface area contributed by atoms with Crippen LogP contribution in [0.15, 0.2) is 41.5 Å². The average Bonchev–Trinajstić information content (AvgIpc) is 3.64. The minimum absolute atomic E-state index is 0.000399. The molecule has 0 spiro atoms. The van der Waals surface area contributed by atoms with E-state index in [4.69, 9.17) is 32.5 Å². The Balaban J connectivity index is 1.66. The third-order valence-electron chi connectivity index (χ3n) is 6.86. The molecule has 0 unspecified atom stereocenters. The lowest BCUT2D eigenvalue weighted by Gasteiger charge is -2.29. The molecule has 10 heteroatoms. The summed E-state index contributed by atoms with van der Waals surface area (Å²) in [6, 6.07) is 9.09. The Morgan fingerprint density at radius 2 is 2.03 bits per heavy atom. The molecule has 0 amide bonds. The number of imidazole rings is 1. The van der Waals surface area contributed by atoms with E-state index in [9.17, 15) is 4.39 Å². The molecule has 2 aromatic heterocycles. The molecule has 1 aliphatic heterocycles. The zero-order valence-corrected chi connectivity index (χ0v) is 20.3. The molecule has 6 rings (SSSR count). The van der Waals surface area contributed by atoms with Gasteiger partial charge in [0.25, 0.3) is 0 Å². The summed E-state index contributed by atoms with van der Waals surface area (Å²) in [4.78, 5) is 15.7. The number of ether oxygens (including phenoxy) is 1. The number of benzene rings is 2. The second-order valence-corrected chi connectivity index (χ2v) is 9.58. The molecular weight excluding hydrogens is 481 g/mol. The lowest BCUT2D eigenvalue weighted by Crippen LogP contribution is -2.36. The number of aliphatic imine (C=N–C) groups is 1. The second kappa shape index (κ2) is 9.15. The summed E-state index contributed by atoms with van der Waals surface area (Å²) >= 11 is 6.31. The van der Waals surface area contributed by atoms with Crippen molar-refractivity contribution in [2.45, 2.75) is 19.3 Å². The van der Waals surface area contributed by atoms with Crippen LogP contribution >= 0.6 is 11.6 Å². The van der Waals surface area contributed by atoms with E-state index in [-0.39, 0.29) is 10.9 Å². The summed E-state index contributed by atoms with van der Waals surface area (Å²) in [5.74, 6) is 1.19. The molecule has 1 saturated carbocycles. The summed E-state index contributed by atoms with van der Waals surface area (Å²) in [7, 11) is 0. The molecule has 36 heavy (non-hydrogen) atoms. The van der Waals surface area contributed by atoms with Crippen molar-refractivity contribution in [1.82, 2.24) is 14.5 Å². The molecule has 0 atom stereocenters. The van der Waals surface area contributed by atoms with Gasteiger partial charge in [-0.05, 0) is 49.1 Å². The number of hydrogen-bond acceptors (Lipinski definition) is 5. The van der Waals surface area contributed by atoms with Gasteiger partial charge in [0.05, 0.1) is 29.9 Å². The normalized spacial score (nSPS) is 16.7. The number of pyridine rings is 1. The largest absolute Gasteiger partial charge is 0.383 e. The Morgan fingerprint density at radius 3 is 2.78 bits per heavy atom. The van der Waals surface area contributed by atoms with Crippen LogP contribution in [-0.4, -0.2) is 53.0 Å². The van der Waals surface area contributed by atoms with E-state index in [0.29, 0.717) is 35.7 Å². The number of anilines is 1. The number of rotatable bonds is 6. The smallest absolute Gasteiger partial charge is 0.144 e. The highest BCUT2D eigenvalue weighted by Gasteiger charge is 2.28. The Morgan fingerprint density at radius 1 is 1.22 bits per heavy atom. The highest BCUT2D eigenvalue weighted by Crippen LogP contribution is 2.38. The molecule has 1 saturated heterocycles. The van der Waals surface area contributed by atoms with Crippen LogP contribution in [0.5, 0.6) is 0 Å². The molecule has 3 heterocycles. The number of nitrogens with zero attached hydrogens (tertiary/aromatic N) is 5. The Kier molecular flexibility index (Phi) is 5.81. The van der Waals surface area contributed by atoms with Gasteiger partial charge in [0.15, 0.2) is 0 Å². The predicted molar refractivity (Wildman–Crippen MR) is 140 cm³/mol. The van der Waals surface area contributed by atoms with Gasteiger partial charge in [-0.2, -0.15) is 0 Å². The van der Waals surface area contributed by atoms with E-state index >= 15 is 0 Å². The van der Waals surface area contributed by atoms with Crippen LogP contribution < -0.4 is 10.6 Å². The van der Waals surface area contributed by atoms with Crippen LogP contribution in [0.1, 0.15) is 24.2 Å². The molecular formula is C26H25ClFN7O. The predicted octanol–water partition coefficient (Wildman–Crippen LogP) is 4.47. The average molecular weight is 506 g/mol. The van der Waals surface area contributed by atoms with Crippen molar-refractivity contribution in [3.05, 3.63) is 58.8 Å². The molecule has 2 aromatic carbocycles. The number of hydrogen-bond donors (Lipinski definition) is 2. The summed E-state index contributed by atoms with van der Waals surface area (Å²) < 4.78 is 21.9. The second-order valence-electron chi connectivity index (χ2n) is 9.20. The van der Waals surface area contributed by atoms with E-state index in [1.54, 1.807) is 12.3 Å². The molecule has 1 aliphatic carbocycles. The molecule has 8 nitrogen and oxygen atoms in total. The van der Waals surface area contributed by atoms with E-state index in [0.717, 1.165) is 54.0 Å². The summed E-state index contributed by atoms with van der Waals surface area (Å²) in [5.41, 5.74) is 10.8. The monoisotopic (exact) mass is 505 g/mol. The van der Waals surface area contributed by atoms with Crippen molar-refractivity contribution in [3.63, 3.8) is 0 Å². The van der Waals surface area contributed by atoms with E-state index in [1.807, 2.05) is 12.1 Å². The van der Waals surface area contributed by atoms with Crippen molar-refractivity contribution in [2.75, 3.05) is 31.2 Å². The van der Waals surface area contributed by atoms with Gasteiger partial charge in [-0.3, -0.25) is 15.0 Å². The van der Waals surface area contributed by atoms with Gasteiger partial charge < -0.3 is 15.4 Å². The van der Waals surface area contributed by atoms with Crippen LogP contribution in [-0.2, 0) is 11.2 Å². The van der Waals surface area contributed by atoms with Crippen molar-refractivity contribution in [3.8, 4) is 5.69 Å². The van der Waals surface area contributed by atoms with Crippen LogP contribution in [0.4, 0.5) is 10.1 Å². The van der Waals surface area contributed by atoms with Crippen molar-refractivity contribution >= 4 is 51.4 Å². The summed E-state index contributed by atoms with van der Waals surface area (Å²) in [6.07, 6.45) is 5.73. The van der Waals surface area contributed by atoms with Crippen LogP contribution in [0.2, 0.25) is 5.02 Å². The zero-order valence-electron chi connectivity index (χ0n) is 19.5. The first-order valence-electron chi connectivity index (χ1n) is 12.0. The number of nitrogens with one attached hydrogen (secondary N) is 1. The molecule has 184 valence electrons. The molecule has 2 fully saturated rings. The van der Waals surface area contributed by atoms with Gasteiger partial charge >= 0.3 is 0 Å². The Hall–Kier alpha value is -3.56. The van der Waals surface area contributed by atoms with Crippen molar-refractivity contribution in [2.24, 2.45) is 16.6 Å². The van der Waals surface area contributed by atoms with Gasteiger partial charge in [0.1, 0.15) is 34.4 Å². The fourth-order valence-electron chi connectivity index (χ4n) is 4.87. The summed E-state index contributed by atoms with van der Waals surface area (Å²) in [6.45, 7) is 2.79. The Bertz CT molecular complexity index is 1520. The van der Waals surface area contributed by atoms with E-state index < -0.39 is 5.82 Å². The quantitative estimate of drug-likeness (QED) is 0.297. The fraction of sp³-hybridized carbons (Fsp3) is 0.308. The lowest BCUT2D eigenvalue weighted by molar-refractivity contribution is 0.122. The SMILES string of the molecule is N=CN=C(N)c1cc(N2CCOCC2)cc2c1nc(CC1CC1)n2-c1ccnc2c(Cl)c(F)ccc12. The van der Waals surface area contributed by atoms with Gasteiger partial charge in [0.2, 0.25) is 0 Å². The highest BCUT2D eigenvalue weighted by atomic mass is 35.5. The molecule has 3 N–H and O–H groups in total. The number of aromatic nitrogens is 3. The van der Waals surface area contributed by atoms with Gasteiger partial charge in [-0.1, -0.05) is 11.6 Å². The fourth-order valence-corrected chi connectivity index (χ4v) is 5.09. The van der Waals surface area contributed by atoms with Crippen LogP contribution in [0.25, 0.3) is 27.6 Å². The molecule has 4 aromatic rings. The first kappa shape index (κ1) is 22.9. The highest BCUT2D eigenvalue weighted by molar-refractivity contribution is 6.35. The van der Waals surface area contributed by atoms with Crippen molar-refractivity contribution in [1.29, 1.82) is 5.41 Å². The number of fused-ring (bicyclic) bond motifs is 2.